The zero-order valence-corrected chi connectivity index (χ0v) is 18.7. The van der Waals surface area contributed by atoms with Crippen molar-refractivity contribution in [2.45, 2.75) is 18.8 Å². The van der Waals surface area contributed by atoms with Gasteiger partial charge >= 0.3 is 0 Å². The summed E-state index contributed by atoms with van der Waals surface area (Å²) in [6, 6.07) is 9.17. The van der Waals surface area contributed by atoms with Crippen molar-refractivity contribution in [3.8, 4) is 11.3 Å². The third kappa shape index (κ3) is 3.93. The molecule has 4 rings (SSSR count). The van der Waals surface area contributed by atoms with Crippen molar-refractivity contribution in [3.05, 3.63) is 53.3 Å². The maximum Gasteiger partial charge on any atom is 0.255 e. The van der Waals surface area contributed by atoms with E-state index >= 15 is 0 Å². The number of thiol groups is 1. The third-order valence-corrected chi connectivity index (χ3v) is 7.45. The van der Waals surface area contributed by atoms with Crippen molar-refractivity contribution in [1.82, 2.24) is 5.32 Å². The van der Waals surface area contributed by atoms with Gasteiger partial charge in [0.25, 0.3) is 5.91 Å². The first-order chi connectivity index (χ1) is 15.3. The third-order valence-electron chi connectivity index (χ3n) is 5.68. The standard InChI is InChI=1S/C23H25FN2O5S/c1-25-23(29)21-18-11-17(14-3-4-14)19(26(9-10-27)32(2,30)13-28)12-20(18)31-22(21)15-5-7-16(24)8-6-15/h5-8,11-14,27,32H,3-4,9-10H2,1-2H3,(H,25,29). The fraction of sp³-hybridized carbons (Fsp3) is 0.304. The number of hydrogen-bond donors (Lipinski definition) is 3. The minimum atomic E-state index is -3.40. The van der Waals surface area contributed by atoms with Gasteiger partial charge in [0.1, 0.15) is 17.2 Å². The second-order valence-corrected chi connectivity index (χ2v) is 10.5. The number of carbonyl (C=O) groups is 2. The van der Waals surface area contributed by atoms with E-state index < -0.39 is 15.9 Å². The number of fused-ring (bicyclic) bond motifs is 1. The Balaban J connectivity index is 1.99. The van der Waals surface area contributed by atoms with Crippen LogP contribution in [0.15, 0.2) is 40.8 Å². The first-order valence-electron chi connectivity index (χ1n) is 10.3. The predicted molar refractivity (Wildman–Crippen MR) is 124 cm³/mol. The smallest absolute Gasteiger partial charge is 0.255 e. The fourth-order valence-corrected chi connectivity index (χ4v) is 5.13. The average molecular weight is 461 g/mol. The summed E-state index contributed by atoms with van der Waals surface area (Å²) >= 11 is 0. The lowest BCUT2D eigenvalue weighted by molar-refractivity contribution is 0.0964. The molecule has 1 aromatic heterocycles. The summed E-state index contributed by atoms with van der Waals surface area (Å²) in [5.74, 6) is -0.262. The second kappa shape index (κ2) is 8.48. The topological polar surface area (TPSA) is 99.8 Å². The Bertz CT molecular complexity index is 1230. The molecule has 0 unspecified atom stereocenters. The number of hydrogen-bond acceptors (Lipinski definition) is 5. The van der Waals surface area contributed by atoms with Crippen LogP contribution in [0, 0.1) is 5.82 Å². The zero-order valence-electron chi connectivity index (χ0n) is 17.8. The van der Waals surface area contributed by atoms with Gasteiger partial charge in [0.15, 0.2) is 5.62 Å². The van der Waals surface area contributed by atoms with E-state index in [1.165, 1.54) is 41.9 Å². The molecule has 9 heteroatoms. The van der Waals surface area contributed by atoms with Gasteiger partial charge in [-0.1, -0.05) is 0 Å². The van der Waals surface area contributed by atoms with Crippen LogP contribution in [-0.4, -0.2) is 47.3 Å². The second-order valence-electron chi connectivity index (χ2n) is 7.97. The Hall–Kier alpha value is -3.04. The molecule has 0 saturated heterocycles. The molecule has 0 aliphatic heterocycles. The minimum absolute atomic E-state index is 0.0194. The van der Waals surface area contributed by atoms with Gasteiger partial charge < -0.3 is 19.1 Å². The summed E-state index contributed by atoms with van der Waals surface area (Å²) in [4.78, 5) is 24.4. The van der Waals surface area contributed by atoms with Crippen molar-refractivity contribution in [1.29, 1.82) is 0 Å². The summed E-state index contributed by atoms with van der Waals surface area (Å²) < 4.78 is 34.0. The quantitative estimate of drug-likeness (QED) is 0.355. The molecule has 1 aliphatic carbocycles. The molecule has 2 aromatic carbocycles. The molecule has 0 spiro atoms. The number of nitrogens with zero attached hydrogens (tertiary/aromatic N) is 1. The number of anilines is 1. The van der Waals surface area contributed by atoms with Crippen molar-refractivity contribution < 1.29 is 27.7 Å². The number of benzene rings is 2. The van der Waals surface area contributed by atoms with Crippen molar-refractivity contribution in [3.63, 3.8) is 0 Å². The van der Waals surface area contributed by atoms with E-state index in [0.29, 0.717) is 39.2 Å². The van der Waals surface area contributed by atoms with E-state index in [-0.39, 0.29) is 25.0 Å². The maximum atomic E-state index is 13.4. The Labute approximate surface area is 185 Å². The van der Waals surface area contributed by atoms with Crippen molar-refractivity contribution >= 4 is 38.3 Å². The van der Waals surface area contributed by atoms with E-state index in [1.54, 1.807) is 6.07 Å². The van der Waals surface area contributed by atoms with Crippen LogP contribution in [0.3, 0.4) is 0 Å². The number of nitrogens with one attached hydrogen (secondary N) is 1. The van der Waals surface area contributed by atoms with Crippen LogP contribution in [0.2, 0.25) is 0 Å². The molecule has 1 fully saturated rings. The number of furan rings is 1. The van der Waals surface area contributed by atoms with Gasteiger partial charge in [0.2, 0.25) is 0 Å². The molecule has 170 valence electrons. The number of rotatable bonds is 8. The van der Waals surface area contributed by atoms with Gasteiger partial charge in [-0.15, -0.1) is 0 Å². The fourth-order valence-electron chi connectivity index (χ4n) is 3.93. The number of aliphatic hydroxyl groups is 1. The first kappa shape index (κ1) is 22.2. The Kier molecular flexibility index (Phi) is 5.87. The SMILES string of the molecule is CNC(=O)c1c(-c2ccc(F)cc2)oc2cc(N(CCO)[SH](C)(=O)C=O)c(C3CC3)cc12. The maximum absolute atomic E-state index is 13.4. The molecule has 1 heterocycles. The molecular weight excluding hydrogens is 435 g/mol. The highest BCUT2D eigenvalue weighted by Gasteiger charge is 2.33. The lowest BCUT2D eigenvalue weighted by atomic mass is 10.0. The first-order valence-corrected chi connectivity index (χ1v) is 12.5. The molecule has 0 bridgehead atoms. The highest BCUT2D eigenvalue weighted by atomic mass is 32.3. The number of halogens is 1. The summed E-state index contributed by atoms with van der Waals surface area (Å²) in [6.45, 7) is -0.262. The highest BCUT2D eigenvalue weighted by molar-refractivity contribution is 8.15. The Morgan fingerprint density at radius 3 is 2.56 bits per heavy atom. The molecule has 0 radical (unpaired) electrons. The summed E-state index contributed by atoms with van der Waals surface area (Å²) in [7, 11) is -1.88. The molecular formula is C23H25FN2O5S. The molecule has 1 saturated carbocycles. The summed E-state index contributed by atoms with van der Waals surface area (Å²) in [5, 5.41) is 12.8. The Morgan fingerprint density at radius 2 is 2.00 bits per heavy atom. The average Bonchev–Trinajstić information content (AvgIpc) is 3.57. The molecule has 7 nitrogen and oxygen atoms in total. The van der Waals surface area contributed by atoms with E-state index in [9.17, 15) is 23.3 Å². The number of amides is 1. The monoisotopic (exact) mass is 460 g/mol. The van der Waals surface area contributed by atoms with E-state index in [1.807, 2.05) is 6.07 Å². The van der Waals surface area contributed by atoms with E-state index in [0.717, 1.165) is 18.4 Å². The van der Waals surface area contributed by atoms with Crippen LogP contribution in [0.5, 0.6) is 0 Å². The molecule has 2 N–H and O–H groups in total. The highest BCUT2D eigenvalue weighted by Crippen LogP contribution is 2.48. The van der Waals surface area contributed by atoms with Gasteiger partial charge in [-0.2, -0.15) is 0 Å². The van der Waals surface area contributed by atoms with Gasteiger partial charge in [-0.25, -0.2) is 4.39 Å². The summed E-state index contributed by atoms with van der Waals surface area (Å²) in [5.41, 5.74) is 3.06. The van der Waals surface area contributed by atoms with Crippen LogP contribution in [-0.2, 0) is 14.9 Å². The number of carbonyl (C=O) groups excluding carboxylic acids is 2. The molecule has 0 atom stereocenters. The van der Waals surface area contributed by atoms with Crippen molar-refractivity contribution in [2.75, 3.05) is 30.8 Å². The van der Waals surface area contributed by atoms with E-state index in [2.05, 4.69) is 5.32 Å². The molecule has 1 amide bonds. The van der Waals surface area contributed by atoms with Gasteiger partial charge in [0, 0.05) is 40.4 Å². The zero-order chi connectivity index (χ0) is 23.0. The van der Waals surface area contributed by atoms with Crippen LogP contribution in [0.4, 0.5) is 10.1 Å². The van der Waals surface area contributed by atoms with Gasteiger partial charge in [0.05, 0.1) is 24.4 Å². The van der Waals surface area contributed by atoms with Crippen molar-refractivity contribution in [2.24, 2.45) is 0 Å². The van der Waals surface area contributed by atoms with Crippen LogP contribution >= 0.6 is 0 Å². The lowest BCUT2D eigenvalue weighted by Crippen LogP contribution is -2.39. The molecule has 3 aromatic rings. The minimum Gasteiger partial charge on any atom is -0.455 e. The lowest BCUT2D eigenvalue weighted by Gasteiger charge is -2.32. The molecule has 32 heavy (non-hydrogen) atoms. The number of aliphatic hydroxyl groups excluding tert-OH is 1. The largest absolute Gasteiger partial charge is 0.455 e. The van der Waals surface area contributed by atoms with Gasteiger partial charge in [-0.05, 0) is 54.7 Å². The normalized spacial score (nSPS) is 14.4. The predicted octanol–water partition coefficient (Wildman–Crippen LogP) is 3.03. The van der Waals surface area contributed by atoms with E-state index in [4.69, 9.17) is 4.42 Å². The van der Waals surface area contributed by atoms with Crippen LogP contribution < -0.4 is 9.62 Å². The van der Waals surface area contributed by atoms with Crippen LogP contribution in [0.25, 0.3) is 22.3 Å². The Morgan fingerprint density at radius 1 is 1.31 bits per heavy atom. The van der Waals surface area contributed by atoms with Crippen LogP contribution in [0.1, 0.15) is 34.7 Å². The van der Waals surface area contributed by atoms with Gasteiger partial charge in [-0.3, -0.25) is 13.8 Å². The summed E-state index contributed by atoms with van der Waals surface area (Å²) in [6.07, 6.45) is 3.22. The molecule has 1 aliphatic rings.